The number of rotatable bonds is 4. The van der Waals surface area contributed by atoms with Gasteiger partial charge in [-0.05, 0) is 31.7 Å². The lowest BCUT2D eigenvalue weighted by atomic mass is 10.2. The lowest BCUT2D eigenvalue weighted by molar-refractivity contribution is 0.444. The summed E-state index contributed by atoms with van der Waals surface area (Å²) < 4.78 is 7.53. The van der Waals surface area contributed by atoms with Crippen LogP contribution in [0.25, 0.3) is 11.5 Å². The fourth-order valence-electron chi connectivity index (χ4n) is 1.68. The van der Waals surface area contributed by atoms with Gasteiger partial charge in [0.15, 0.2) is 5.76 Å². The lowest BCUT2D eigenvalue weighted by Crippen LogP contribution is -2.16. The number of furan rings is 1. The highest BCUT2D eigenvalue weighted by Gasteiger charge is 2.11. The van der Waals surface area contributed by atoms with E-state index in [0.29, 0.717) is 0 Å². The highest BCUT2D eigenvalue weighted by molar-refractivity contribution is 5.51. The Hall–Kier alpha value is -1.55. The van der Waals surface area contributed by atoms with Crippen LogP contribution in [0.3, 0.4) is 0 Å². The quantitative estimate of drug-likeness (QED) is 0.858. The largest absolute Gasteiger partial charge is 0.458 e. The monoisotopic (exact) mass is 219 g/mol. The zero-order valence-corrected chi connectivity index (χ0v) is 9.90. The van der Waals surface area contributed by atoms with E-state index in [9.17, 15) is 0 Å². The third kappa shape index (κ3) is 2.17. The van der Waals surface area contributed by atoms with Crippen molar-refractivity contribution in [2.45, 2.75) is 19.9 Å². The van der Waals surface area contributed by atoms with Crippen molar-refractivity contribution in [3.05, 3.63) is 30.2 Å². The molecule has 2 rings (SSSR count). The summed E-state index contributed by atoms with van der Waals surface area (Å²) in [4.78, 5) is 0. The number of hydrogen-bond donors (Lipinski definition) is 1. The normalized spacial score (nSPS) is 12.9. The Kier molecular flexibility index (Phi) is 3.10. The minimum atomic E-state index is 0.238. The summed E-state index contributed by atoms with van der Waals surface area (Å²) in [6, 6.07) is 6.14. The van der Waals surface area contributed by atoms with Crippen molar-refractivity contribution < 1.29 is 4.42 Å². The summed E-state index contributed by atoms with van der Waals surface area (Å²) in [5, 5.41) is 7.61. The van der Waals surface area contributed by atoms with Crippen LogP contribution >= 0.6 is 0 Å². The third-order valence-corrected chi connectivity index (χ3v) is 2.53. The number of nitrogens with zero attached hydrogens (tertiary/aromatic N) is 2. The molecule has 0 amide bonds. The van der Waals surface area contributed by atoms with Crippen molar-refractivity contribution in [2.75, 3.05) is 6.54 Å². The fraction of sp³-hybridized carbons (Fsp3) is 0.417. The number of aromatic nitrogens is 2. The fourth-order valence-corrected chi connectivity index (χ4v) is 1.68. The molecule has 0 spiro atoms. The Labute approximate surface area is 95.3 Å². The molecular weight excluding hydrogens is 202 g/mol. The molecule has 0 aliphatic carbocycles. The first-order valence-corrected chi connectivity index (χ1v) is 5.54. The van der Waals surface area contributed by atoms with Crippen molar-refractivity contribution in [3.8, 4) is 11.5 Å². The zero-order valence-electron chi connectivity index (χ0n) is 9.90. The maximum atomic E-state index is 5.76. The molecule has 86 valence electrons. The van der Waals surface area contributed by atoms with Crippen molar-refractivity contribution in [1.82, 2.24) is 15.1 Å². The van der Waals surface area contributed by atoms with Crippen LogP contribution in [0.5, 0.6) is 0 Å². The van der Waals surface area contributed by atoms with E-state index in [1.165, 1.54) is 0 Å². The van der Waals surface area contributed by atoms with Gasteiger partial charge in [0.2, 0.25) is 0 Å². The molecule has 2 aromatic heterocycles. The first-order valence-electron chi connectivity index (χ1n) is 5.54. The highest BCUT2D eigenvalue weighted by atomic mass is 16.3. The topological polar surface area (TPSA) is 43.0 Å². The van der Waals surface area contributed by atoms with Crippen LogP contribution in [0.2, 0.25) is 0 Å². The Balaban J connectivity index is 2.19. The lowest BCUT2D eigenvalue weighted by Gasteiger charge is -2.08. The molecule has 1 unspecified atom stereocenters. The summed E-state index contributed by atoms with van der Waals surface area (Å²) in [5.74, 6) is 1.77. The van der Waals surface area contributed by atoms with Gasteiger partial charge in [-0.15, -0.1) is 0 Å². The molecule has 0 fully saturated rings. The van der Waals surface area contributed by atoms with Gasteiger partial charge in [-0.3, -0.25) is 4.68 Å². The predicted octanol–water partition coefficient (Wildman–Crippen LogP) is 2.35. The van der Waals surface area contributed by atoms with Gasteiger partial charge in [-0.2, -0.15) is 5.10 Å². The van der Waals surface area contributed by atoms with E-state index < -0.39 is 0 Å². The van der Waals surface area contributed by atoms with E-state index in [-0.39, 0.29) is 6.04 Å². The van der Waals surface area contributed by atoms with Gasteiger partial charge in [0.25, 0.3) is 0 Å². The standard InChI is InChI=1S/C12H17N3O/c1-4-13-9(2)11-5-6-12(16-11)10-7-8-15(3)14-10/h5-9,13H,4H2,1-3H3. The van der Waals surface area contributed by atoms with Crippen LogP contribution < -0.4 is 5.32 Å². The van der Waals surface area contributed by atoms with Crippen LogP contribution in [-0.4, -0.2) is 16.3 Å². The summed E-state index contributed by atoms with van der Waals surface area (Å²) in [6.45, 7) is 5.10. The molecule has 0 bridgehead atoms. The summed E-state index contributed by atoms with van der Waals surface area (Å²) >= 11 is 0. The minimum Gasteiger partial charge on any atom is -0.458 e. The van der Waals surface area contributed by atoms with E-state index >= 15 is 0 Å². The average Bonchev–Trinajstić information content (AvgIpc) is 2.85. The molecule has 2 aromatic rings. The molecule has 0 aromatic carbocycles. The van der Waals surface area contributed by atoms with E-state index in [2.05, 4.69) is 24.3 Å². The Morgan fingerprint density at radius 3 is 2.88 bits per heavy atom. The van der Waals surface area contributed by atoms with Crippen LogP contribution in [0, 0.1) is 0 Å². The molecule has 0 radical (unpaired) electrons. The molecule has 1 N–H and O–H groups in total. The van der Waals surface area contributed by atoms with Crippen LogP contribution in [0.1, 0.15) is 25.6 Å². The average molecular weight is 219 g/mol. The molecule has 4 heteroatoms. The molecular formula is C12H17N3O. The Morgan fingerprint density at radius 2 is 2.25 bits per heavy atom. The zero-order chi connectivity index (χ0) is 11.5. The van der Waals surface area contributed by atoms with E-state index in [1.54, 1.807) is 4.68 Å². The molecule has 16 heavy (non-hydrogen) atoms. The van der Waals surface area contributed by atoms with Crippen molar-refractivity contribution in [2.24, 2.45) is 7.05 Å². The Bertz CT molecular complexity index is 458. The molecule has 0 saturated carbocycles. The molecule has 4 nitrogen and oxygen atoms in total. The van der Waals surface area contributed by atoms with Gasteiger partial charge in [0.1, 0.15) is 11.5 Å². The third-order valence-electron chi connectivity index (χ3n) is 2.53. The van der Waals surface area contributed by atoms with Crippen LogP contribution in [0.4, 0.5) is 0 Å². The van der Waals surface area contributed by atoms with Crippen molar-refractivity contribution in [3.63, 3.8) is 0 Å². The van der Waals surface area contributed by atoms with Gasteiger partial charge in [0, 0.05) is 13.2 Å². The van der Waals surface area contributed by atoms with E-state index in [0.717, 1.165) is 23.8 Å². The van der Waals surface area contributed by atoms with Crippen LogP contribution in [0.15, 0.2) is 28.8 Å². The van der Waals surface area contributed by atoms with Gasteiger partial charge in [-0.25, -0.2) is 0 Å². The number of hydrogen-bond acceptors (Lipinski definition) is 3. The summed E-state index contributed by atoms with van der Waals surface area (Å²) in [5.41, 5.74) is 0.873. The summed E-state index contributed by atoms with van der Waals surface area (Å²) in [6.07, 6.45) is 1.91. The number of aryl methyl sites for hydroxylation is 1. The molecule has 2 heterocycles. The second kappa shape index (κ2) is 4.53. The van der Waals surface area contributed by atoms with Crippen molar-refractivity contribution >= 4 is 0 Å². The molecule has 0 aliphatic heterocycles. The number of nitrogens with one attached hydrogen (secondary N) is 1. The first-order chi connectivity index (χ1) is 7.70. The van der Waals surface area contributed by atoms with E-state index in [1.807, 2.05) is 31.4 Å². The Morgan fingerprint density at radius 1 is 1.44 bits per heavy atom. The molecule has 0 saturated heterocycles. The van der Waals surface area contributed by atoms with E-state index in [4.69, 9.17) is 4.42 Å². The maximum Gasteiger partial charge on any atom is 0.154 e. The van der Waals surface area contributed by atoms with Gasteiger partial charge < -0.3 is 9.73 Å². The van der Waals surface area contributed by atoms with Gasteiger partial charge in [0.05, 0.1) is 6.04 Å². The smallest absolute Gasteiger partial charge is 0.154 e. The SMILES string of the molecule is CCNC(C)c1ccc(-c2ccn(C)n2)o1. The van der Waals surface area contributed by atoms with Crippen LogP contribution in [-0.2, 0) is 7.05 Å². The van der Waals surface area contributed by atoms with Gasteiger partial charge in [-0.1, -0.05) is 6.92 Å². The molecule has 1 atom stereocenters. The summed E-state index contributed by atoms with van der Waals surface area (Å²) in [7, 11) is 1.90. The second-order valence-electron chi connectivity index (χ2n) is 3.86. The minimum absolute atomic E-state index is 0.238. The maximum absolute atomic E-state index is 5.76. The molecule has 0 aliphatic rings. The predicted molar refractivity (Wildman–Crippen MR) is 63.0 cm³/mol. The van der Waals surface area contributed by atoms with Gasteiger partial charge >= 0.3 is 0 Å². The van der Waals surface area contributed by atoms with Crippen molar-refractivity contribution in [1.29, 1.82) is 0 Å². The highest BCUT2D eigenvalue weighted by Crippen LogP contribution is 2.23. The second-order valence-corrected chi connectivity index (χ2v) is 3.86. The first kappa shape index (κ1) is 11.0.